The first kappa shape index (κ1) is 19.1. The number of rotatable bonds is 7. The molecule has 1 aliphatic heterocycles. The highest BCUT2D eigenvalue weighted by molar-refractivity contribution is 7.89. The molecule has 116 valence electrons. The summed E-state index contributed by atoms with van der Waals surface area (Å²) >= 11 is 0. The van der Waals surface area contributed by atoms with Crippen molar-refractivity contribution in [2.24, 2.45) is 5.41 Å². The Labute approximate surface area is 123 Å². The number of ether oxygens (including phenoxy) is 1. The number of hydrogen-bond acceptors (Lipinski definition) is 4. The Hall–Kier alpha value is 0.120. The molecule has 1 fully saturated rings. The Bertz CT molecular complexity index is 347. The standard InChI is InChI=1S/C12H26N2O3S.ClH/c1-4-17-8-9-18(15,16)14-10-11-12(2,3)6-5-7-13-11;/h11,13-14H,4-10H2,1-3H3;1H. The van der Waals surface area contributed by atoms with Gasteiger partial charge in [-0.15, -0.1) is 12.4 Å². The van der Waals surface area contributed by atoms with Crippen LogP contribution in [0.25, 0.3) is 0 Å². The minimum Gasteiger partial charge on any atom is -0.381 e. The first-order valence-electron chi connectivity index (χ1n) is 6.66. The minimum atomic E-state index is -3.22. The van der Waals surface area contributed by atoms with Gasteiger partial charge in [0.05, 0.1) is 12.4 Å². The molecule has 1 rings (SSSR count). The summed E-state index contributed by atoms with van der Waals surface area (Å²) in [7, 11) is -3.22. The molecule has 2 N–H and O–H groups in total. The summed E-state index contributed by atoms with van der Waals surface area (Å²) in [6.07, 6.45) is 2.28. The molecule has 19 heavy (non-hydrogen) atoms. The van der Waals surface area contributed by atoms with Crippen molar-refractivity contribution < 1.29 is 13.2 Å². The first-order valence-corrected chi connectivity index (χ1v) is 8.31. The zero-order chi connectivity index (χ0) is 13.6. The molecular formula is C12H27ClN2O3S. The summed E-state index contributed by atoms with van der Waals surface area (Å²) in [5, 5.41) is 3.39. The average Bonchev–Trinajstić information content (AvgIpc) is 2.27. The van der Waals surface area contributed by atoms with E-state index in [9.17, 15) is 8.42 Å². The largest absolute Gasteiger partial charge is 0.381 e. The van der Waals surface area contributed by atoms with E-state index in [1.165, 1.54) is 0 Å². The molecule has 1 unspecified atom stereocenters. The molecule has 0 amide bonds. The molecule has 0 radical (unpaired) electrons. The van der Waals surface area contributed by atoms with E-state index in [0.29, 0.717) is 13.2 Å². The van der Waals surface area contributed by atoms with Crippen molar-refractivity contribution in [1.82, 2.24) is 10.0 Å². The summed E-state index contributed by atoms with van der Waals surface area (Å²) in [6.45, 7) is 8.45. The number of piperidine rings is 1. The van der Waals surface area contributed by atoms with E-state index < -0.39 is 10.0 Å². The maximum Gasteiger partial charge on any atom is 0.213 e. The lowest BCUT2D eigenvalue weighted by Crippen LogP contribution is -2.53. The van der Waals surface area contributed by atoms with Crippen molar-refractivity contribution in [1.29, 1.82) is 0 Å². The maximum atomic E-state index is 11.7. The Balaban J connectivity index is 0.00000324. The highest BCUT2D eigenvalue weighted by Crippen LogP contribution is 2.29. The van der Waals surface area contributed by atoms with Crippen molar-refractivity contribution in [2.75, 3.05) is 32.1 Å². The SMILES string of the molecule is CCOCCS(=O)(=O)NCC1NCCCC1(C)C.Cl. The summed E-state index contributed by atoms with van der Waals surface area (Å²) in [6, 6.07) is 0.202. The van der Waals surface area contributed by atoms with Gasteiger partial charge >= 0.3 is 0 Å². The second-order valence-corrected chi connectivity index (χ2v) is 7.39. The third-order valence-electron chi connectivity index (χ3n) is 3.54. The van der Waals surface area contributed by atoms with Gasteiger partial charge in [0.25, 0.3) is 0 Å². The molecule has 7 heteroatoms. The van der Waals surface area contributed by atoms with Crippen LogP contribution >= 0.6 is 12.4 Å². The highest BCUT2D eigenvalue weighted by Gasteiger charge is 2.32. The number of sulfonamides is 1. The number of halogens is 1. The zero-order valence-electron chi connectivity index (χ0n) is 12.1. The highest BCUT2D eigenvalue weighted by atomic mass is 35.5. The molecule has 0 aromatic carbocycles. The third-order valence-corrected chi connectivity index (χ3v) is 4.85. The predicted octanol–water partition coefficient (Wildman–Crippen LogP) is 1.14. The summed E-state index contributed by atoms with van der Waals surface area (Å²) in [4.78, 5) is 0. The third kappa shape index (κ3) is 6.90. The van der Waals surface area contributed by atoms with E-state index in [-0.39, 0.29) is 36.2 Å². The Morgan fingerprint density at radius 3 is 2.68 bits per heavy atom. The normalized spacial score (nSPS) is 22.8. The molecule has 1 aliphatic rings. The lowest BCUT2D eigenvalue weighted by Gasteiger charge is -2.39. The lowest BCUT2D eigenvalue weighted by atomic mass is 9.78. The summed E-state index contributed by atoms with van der Waals surface area (Å²) < 4.78 is 31.2. The van der Waals surface area contributed by atoms with E-state index >= 15 is 0 Å². The average molecular weight is 315 g/mol. The van der Waals surface area contributed by atoms with E-state index in [1.807, 2.05) is 6.92 Å². The Morgan fingerprint density at radius 2 is 2.11 bits per heavy atom. The quantitative estimate of drug-likeness (QED) is 0.692. The van der Waals surface area contributed by atoms with Crippen molar-refractivity contribution in [2.45, 2.75) is 39.7 Å². The molecule has 1 saturated heterocycles. The van der Waals surface area contributed by atoms with Gasteiger partial charge in [-0.1, -0.05) is 13.8 Å². The maximum absolute atomic E-state index is 11.7. The molecule has 0 aromatic heterocycles. The van der Waals surface area contributed by atoms with Gasteiger partial charge in [-0.25, -0.2) is 13.1 Å². The van der Waals surface area contributed by atoms with Gasteiger partial charge in [-0.05, 0) is 31.7 Å². The molecule has 0 bridgehead atoms. The van der Waals surface area contributed by atoms with Crippen molar-refractivity contribution in [3.8, 4) is 0 Å². The lowest BCUT2D eigenvalue weighted by molar-refractivity contribution is 0.163. The first-order chi connectivity index (χ1) is 8.37. The van der Waals surface area contributed by atoms with E-state index in [2.05, 4.69) is 23.9 Å². The minimum absolute atomic E-state index is 0. The second kappa shape index (κ2) is 8.42. The van der Waals surface area contributed by atoms with Crippen LogP contribution in [-0.4, -0.2) is 46.5 Å². The molecule has 1 heterocycles. The van der Waals surface area contributed by atoms with Crippen LogP contribution in [0.15, 0.2) is 0 Å². The van der Waals surface area contributed by atoms with Gasteiger partial charge in [0, 0.05) is 19.2 Å². The van der Waals surface area contributed by atoms with Crippen LogP contribution in [0.2, 0.25) is 0 Å². The summed E-state index contributed by atoms with van der Waals surface area (Å²) in [5.74, 6) is 0.0357. The monoisotopic (exact) mass is 314 g/mol. The van der Waals surface area contributed by atoms with Crippen LogP contribution < -0.4 is 10.0 Å². The van der Waals surface area contributed by atoms with Crippen LogP contribution in [0.5, 0.6) is 0 Å². The number of hydrogen-bond donors (Lipinski definition) is 2. The van der Waals surface area contributed by atoms with Gasteiger partial charge in [-0.2, -0.15) is 0 Å². The van der Waals surface area contributed by atoms with Gasteiger partial charge in [0.1, 0.15) is 0 Å². The molecular weight excluding hydrogens is 288 g/mol. The van der Waals surface area contributed by atoms with Crippen LogP contribution in [0.1, 0.15) is 33.6 Å². The Morgan fingerprint density at radius 1 is 1.42 bits per heavy atom. The molecule has 0 saturated carbocycles. The smallest absolute Gasteiger partial charge is 0.213 e. The fourth-order valence-electron chi connectivity index (χ4n) is 2.21. The van der Waals surface area contributed by atoms with Crippen molar-refractivity contribution >= 4 is 22.4 Å². The molecule has 0 aliphatic carbocycles. The van der Waals surface area contributed by atoms with Crippen LogP contribution in [-0.2, 0) is 14.8 Å². The van der Waals surface area contributed by atoms with Crippen LogP contribution in [0, 0.1) is 5.41 Å². The molecule has 1 atom stereocenters. The van der Waals surface area contributed by atoms with Gasteiger partial charge < -0.3 is 10.1 Å². The van der Waals surface area contributed by atoms with Gasteiger partial charge in [0.2, 0.25) is 10.0 Å². The van der Waals surface area contributed by atoms with E-state index in [1.54, 1.807) is 0 Å². The van der Waals surface area contributed by atoms with E-state index in [4.69, 9.17) is 4.74 Å². The predicted molar refractivity (Wildman–Crippen MR) is 80.3 cm³/mol. The van der Waals surface area contributed by atoms with Crippen LogP contribution in [0.4, 0.5) is 0 Å². The summed E-state index contributed by atoms with van der Waals surface area (Å²) in [5.41, 5.74) is 0.140. The van der Waals surface area contributed by atoms with Crippen molar-refractivity contribution in [3.63, 3.8) is 0 Å². The zero-order valence-corrected chi connectivity index (χ0v) is 13.7. The fourth-order valence-corrected chi connectivity index (χ4v) is 3.12. The Kier molecular flexibility index (Phi) is 8.47. The van der Waals surface area contributed by atoms with Crippen LogP contribution in [0.3, 0.4) is 0 Å². The van der Waals surface area contributed by atoms with Crippen molar-refractivity contribution in [3.05, 3.63) is 0 Å². The molecule has 0 spiro atoms. The van der Waals surface area contributed by atoms with Gasteiger partial charge in [0.15, 0.2) is 0 Å². The number of nitrogens with one attached hydrogen (secondary N) is 2. The molecule has 5 nitrogen and oxygen atoms in total. The molecule has 0 aromatic rings. The fraction of sp³-hybridized carbons (Fsp3) is 1.00. The van der Waals surface area contributed by atoms with E-state index in [0.717, 1.165) is 19.4 Å². The van der Waals surface area contributed by atoms with Gasteiger partial charge in [-0.3, -0.25) is 0 Å². The topological polar surface area (TPSA) is 67.4 Å². The second-order valence-electron chi connectivity index (χ2n) is 5.46.